The molecule has 1 N–H and O–H groups in total. The number of hydrogen-bond acceptors (Lipinski definition) is 7. The number of Topliss-reactive ketones (excluding diaryl/α,β-unsaturated/α-hetero) is 1. The molecule has 11 heteroatoms. The molecule has 1 saturated heterocycles. The number of alkyl halides is 3. The van der Waals surface area contributed by atoms with E-state index in [1.165, 1.54) is 6.07 Å². The van der Waals surface area contributed by atoms with Crippen molar-refractivity contribution in [2.45, 2.75) is 69.7 Å². The van der Waals surface area contributed by atoms with Crippen LogP contribution in [0.1, 0.15) is 67.5 Å². The van der Waals surface area contributed by atoms with E-state index in [1.54, 1.807) is 12.1 Å². The molecule has 1 aliphatic heterocycles. The Morgan fingerprint density at radius 2 is 1.72 bits per heavy atom. The van der Waals surface area contributed by atoms with Crippen molar-refractivity contribution in [3.63, 3.8) is 0 Å². The molecule has 1 amide bonds. The van der Waals surface area contributed by atoms with Gasteiger partial charge in [0, 0.05) is 55.5 Å². The van der Waals surface area contributed by atoms with Crippen molar-refractivity contribution in [3.8, 4) is 5.88 Å². The van der Waals surface area contributed by atoms with Gasteiger partial charge >= 0.3 is 6.18 Å². The van der Waals surface area contributed by atoms with Crippen LogP contribution in [-0.4, -0.2) is 40.0 Å². The van der Waals surface area contributed by atoms with Crippen LogP contribution in [0.25, 0.3) is 0 Å². The second kappa shape index (κ2) is 11.9. The van der Waals surface area contributed by atoms with Crippen LogP contribution in [0.5, 0.6) is 5.88 Å². The summed E-state index contributed by atoms with van der Waals surface area (Å²) in [7, 11) is 0. The molecule has 1 aromatic carbocycles. The third kappa shape index (κ3) is 6.50. The van der Waals surface area contributed by atoms with Crippen LogP contribution in [0.15, 0.2) is 54.7 Å². The quantitative estimate of drug-likeness (QED) is 0.355. The molecule has 2 saturated carbocycles. The van der Waals surface area contributed by atoms with Gasteiger partial charge in [0.2, 0.25) is 11.8 Å². The predicted molar refractivity (Wildman–Crippen MR) is 152 cm³/mol. The smallest absolute Gasteiger partial charge is 0.433 e. The van der Waals surface area contributed by atoms with E-state index in [-0.39, 0.29) is 24.3 Å². The summed E-state index contributed by atoms with van der Waals surface area (Å²) in [5.41, 5.74) is 1.52. The molecule has 6 rings (SSSR count). The van der Waals surface area contributed by atoms with Crippen molar-refractivity contribution in [2.24, 2.45) is 11.8 Å². The Balaban J connectivity index is 0.973. The number of carbonyl (C=O) groups is 2. The summed E-state index contributed by atoms with van der Waals surface area (Å²) in [6.07, 6.45) is 2.95. The van der Waals surface area contributed by atoms with Gasteiger partial charge < -0.3 is 15.0 Å². The maximum absolute atomic E-state index is 13.1. The zero-order valence-corrected chi connectivity index (χ0v) is 23.8. The van der Waals surface area contributed by atoms with Gasteiger partial charge in [0.15, 0.2) is 0 Å². The fourth-order valence-corrected chi connectivity index (χ4v) is 6.29. The summed E-state index contributed by atoms with van der Waals surface area (Å²) >= 11 is 0. The van der Waals surface area contributed by atoms with Gasteiger partial charge in [-0.15, -0.1) is 5.10 Å². The Bertz CT molecular complexity index is 1430. The second-order valence-corrected chi connectivity index (χ2v) is 11.8. The number of anilines is 1. The van der Waals surface area contributed by atoms with Gasteiger partial charge in [-0.1, -0.05) is 18.2 Å². The van der Waals surface area contributed by atoms with Gasteiger partial charge in [-0.05, 0) is 74.3 Å². The molecule has 3 heterocycles. The lowest BCUT2D eigenvalue weighted by atomic mass is 9.82. The van der Waals surface area contributed by atoms with Crippen LogP contribution in [-0.2, 0) is 34.3 Å². The summed E-state index contributed by atoms with van der Waals surface area (Å²) < 4.78 is 43.6. The lowest BCUT2D eigenvalue weighted by Crippen LogP contribution is -2.37. The Hall–Kier alpha value is -4.02. The molecule has 2 aliphatic carbocycles. The van der Waals surface area contributed by atoms with E-state index in [4.69, 9.17) is 4.74 Å². The Kier molecular flexibility index (Phi) is 8.07. The lowest BCUT2D eigenvalue weighted by molar-refractivity contribution is -0.141. The zero-order chi connectivity index (χ0) is 30.0. The Morgan fingerprint density at radius 1 is 0.977 bits per heavy atom. The number of halogens is 3. The first kappa shape index (κ1) is 29.1. The molecular formula is C32H34F3N5O3. The fourth-order valence-electron chi connectivity index (χ4n) is 6.29. The van der Waals surface area contributed by atoms with Gasteiger partial charge in [0.1, 0.15) is 18.1 Å². The number of ketones is 1. The molecule has 3 aliphatic rings. The highest BCUT2D eigenvalue weighted by atomic mass is 19.4. The van der Waals surface area contributed by atoms with Gasteiger partial charge in [0.25, 0.3) is 0 Å². The summed E-state index contributed by atoms with van der Waals surface area (Å²) in [6, 6.07) is 13.8. The average molecular weight is 594 g/mol. The molecule has 0 spiro atoms. The number of benzene rings is 1. The first-order chi connectivity index (χ1) is 20.7. The molecule has 3 fully saturated rings. The van der Waals surface area contributed by atoms with Crippen LogP contribution in [0.4, 0.5) is 18.9 Å². The molecule has 1 unspecified atom stereocenters. The van der Waals surface area contributed by atoms with Crippen LogP contribution in [0.2, 0.25) is 0 Å². The highest BCUT2D eigenvalue weighted by Crippen LogP contribution is 2.47. The molecular weight excluding hydrogens is 559 g/mol. The van der Waals surface area contributed by atoms with E-state index in [2.05, 4.69) is 37.5 Å². The standard InChI is InChI=1S/C32H34F3N5O3/c33-32(34,35)28-9-6-22(19-36-28)20-43-29-11-10-27(38-39-29)31(14-15-31)30(42)37-18-21-4-7-24(8-5-21)40-16-12-23(13-17-40)25-2-1-3-26(25)41/h4-11,19,23,25H,1-3,12-18,20H2,(H,37,42). The molecule has 0 bridgehead atoms. The average Bonchev–Trinajstić information content (AvgIpc) is 3.73. The summed E-state index contributed by atoms with van der Waals surface area (Å²) in [5, 5.41) is 11.3. The van der Waals surface area contributed by atoms with Gasteiger partial charge in [-0.2, -0.15) is 18.3 Å². The lowest BCUT2D eigenvalue weighted by Gasteiger charge is -2.35. The molecule has 1 atom stereocenters. The molecule has 226 valence electrons. The number of amides is 1. The number of aromatic nitrogens is 3. The molecule has 8 nitrogen and oxygen atoms in total. The van der Waals surface area contributed by atoms with Crippen LogP contribution in [0.3, 0.4) is 0 Å². The summed E-state index contributed by atoms with van der Waals surface area (Å²) in [6.45, 7) is 2.32. The van der Waals surface area contributed by atoms with Crippen molar-refractivity contribution >= 4 is 17.4 Å². The molecule has 3 aromatic rings. The highest BCUT2D eigenvalue weighted by molar-refractivity contribution is 5.90. The minimum absolute atomic E-state index is 0.0106. The monoisotopic (exact) mass is 593 g/mol. The Morgan fingerprint density at radius 3 is 2.30 bits per heavy atom. The first-order valence-electron chi connectivity index (χ1n) is 14.9. The number of ether oxygens (including phenoxy) is 1. The fraction of sp³-hybridized carbons (Fsp3) is 0.469. The molecule has 0 radical (unpaired) electrons. The highest BCUT2D eigenvalue weighted by Gasteiger charge is 2.52. The van der Waals surface area contributed by atoms with Gasteiger partial charge in [-0.25, -0.2) is 0 Å². The van der Waals surface area contributed by atoms with E-state index in [0.717, 1.165) is 68.7 Å². The van der Waals surface area contributed by atoms with E-state index in [1.807, 2.05) is 12.1 Å². The maximum atomic E-state index is 13.1. The number of rotatable bonds is 9. The SMILES string of the molecule is O=C1CCCC1C1CCN(c2ccc(CNC(=O)C3(c4ccc(OCc5ccc(C(F)(F)F)nc5)nn4)CC3)cc2)CC1. The van der Waals surface area contributed by atoms with E-state index in [9.17, 15) is 22.8 Å². The largest absolute Gasteiger partial charge is 0.472 e. The van der Waals surface area contributed by atoms with Crippen LogP contribution in [0, 0.1) is 11.8 Å². The first-order valence-corrected chi connectivity index (χ1v) is 14.9. The summed E-state index contributed by atoms with van der Waals surface area (Å²) in [5.74, 6) is 1.37. The number of carbonyl (C=O) groups excluding carboxylic acids is 2. The number of pyridine rings is 1. The van der Waals surface area contributed by atoms with Crippen molar-refractivity contribution in [2.75, 3.05) is 18.0 Å². The number of piperidine rings is 1. The van der Waals surface area contributed by atoms with Crippen molar-refractivity contribution in [3.05, 3.63) is 77.2 Å². The van der Waals surface area contributed by atoms with E-state index in [0.29, 0.717) is 42.3 Å². The third-order valence-corrected chi connectivity index (χ3v) is 9.03. The number of nitrogens with one attached hydrogen (secondary N) is 1. The predicted octanol–water partition coefficient (Wildman–Crippen LogP) is 5.40. The minimum atomic E-state index is -4.49. The van der Waals surface area contributed by atoms with Crippen LogP contribution < -0.4 is 15.0 Å². The summed E-state index contributed by atoms with van der Waals surface area (Å²) in [4.78, 5) is 31.1. The van der Waals surface area contributed by atoms with Crippen molar-refractivity contribution in [1.82, 2.24) is 20.5 Å². The number of hydrogen-bond donors (Lipinski definition) is 1. The van der Waals surface area contributed by atoms with Crippen LogP contribution >= 0.6 is 0 Å². The van der Waals surface area contributed by atoms with Gasteiger partial charge in [0.05, 0.1) is 11.1 Å². The maximum Gasteiger partial charge on any atom is 0.433 e. The van der Waals surface area contributed by atoms with Crippen molar-refractivity contribution < 1.29 is 27.5 Å². The Labute approximate surface area is 248 Å². The normalized spacial score (nSPS) is 20.2. The second-order valence-electron chi connectivity index (χ2n) is 11.8. The zero-order valence-electron chi connectivity index (χ0n) is 23.8. The third-order valence-electron chi connectivity index (χ3n) is 9.03. The molecule has 43 heavy (non-hydrogen) atoms. The topological polar surface area (TPSA) is 97.3 Å². The van der Waals surface area contributed by atoms with Crippen molar-refractivity contribution in [1.29, 1.82) is 0 Å². The minimum Gasteiger partial charge on any atom is -0.472 e. The van der Waals surface area contributed by atoms with Gasteiger partial charge in [-0.3, -0.25) is 14.6 Å². The van der Waals surface area contributed by atoms with E-state index < -0.39 is 17.3 Å². The molecule has 2 aromatic heterocycles. The number of nitrogens with zero attached hydrogens (tertiary/aromatic N) is 4. The van der Waals surface area contributed by atoms with E-state index >= 15 is 0 Å².